The van der Waals surface area contributed by atoms with Crippen molar-refractivity contribution >= 4 is 65.4 Å². The van der Waals surface area contributed by atoms with Crippen molar-refractivity contribution in [1.82, 2.24) is 15.0 Å². The second-order valence-electron chi connectivity index (χ2n) is 16.4. The fourth-order valence-corrected chi connectivity index (χ4v) is 9.33. The van der Waals surface area contributed by atoms with Crippen LogP contribution in [0.25, 0.3) is 133 Å². The zero-order valence-electron chi connectivity index (χ0n) is 34.4. The van der Waals surface area contributed by atoms with Gasteiger partial charge in [0.1, 0.15) is 22.3 Å². The van der Waals surface area contributed by atoms with Crippen LogP contribution in [-0.2, 0) is 0 Å². The van der Waals surface area contributed by atoms with Crippen molar-refractivity contribution in [3.05, 3.63) is 213 Å². The number of rotatable bonds is 6. The molecule has 13 rings (SSSR count). The summed E-state index contributed by atoms with van der Waals surface area (Å²) in [6.45, 7) is 0. The minimum atomic E-state index is 0.628. The Labute approximate surface area is 367 Å². The quantitative estimate of drug-likeness (QED) is 0.167. The van der Waals surface area contributed by atoms with E-state index in [1.807, 2.05) is 18.3 Å². The molecule has 5 heteroatoms. The van der Waals surface area contributed by atoms with Crippen LogP contribution in [0.5, 0.6) is 0 Å². The average Bonchev–Trinajstić information content (AvgIpc) is 3.91. The van der Waals surface area contributed by atoms with Crippen molar-refractivity contribution in [1.29, 1.82) is 0 Å². The van der Waals surface area contributed by atoms with Gasteiger partial charge in [0.05, 0.1) is 11.4 Å². The van der Waals surface area contributed by atoms with E-state index in [4.69, 9.17) is 18.8 Å². The molecule has 0 amide bonds. The van der Waals surface area contributed by atoms with E-state index in [9.17, 15) is 0 Å². The van der Waals surface area contributed by atoms with Crippen molar-refractivity contribution in [3.8, 4) is 67.3 Å². The summed E-state index contributed by atoms with van der Waals surface area (Å²) in [7, 11) is 0. The van der Waals surface area contributed by atoms with Crippen molar-refractivity contribution in [2.24, 2.45) is 0 Å². The summed E-state index contributed by atoms with van der Waals surface area (Å²) >= 11 is 0. The number of hydrogen-bond acceptors (Lipinski definition) is 5. The highest BCUT2D eigenvalue weighted by Crippen LogP contribution is 2.41. The monoisotopic (exact) mass is 817 g/mol. The lowest BCUT2D eigenvalue weighted by Gasteiger charge is -2.14. The lowest BCUT2D eigenvalue weighted by Crippen LogP contribution is -1.98. The van der Waals surface area contributed by atoms with Crippen LogP contribution in [0.1, 0.15) is 0 Å². The van der Waals surface area contributed by atoms with Crippen LogP contribution in [-0.4, -0.2) is 15.0 Å². The molecule has 0 aliphatic carbocycles. The van der Waals surface area contributed by atoms with Gasteiger partial charge in [0.25, 0.3) is 0 Å². The van der Waals surface area contributed by atoms with Gasteiger partial charge in [0, 0.05) is 56.2 Å². The molecule has 0 fully saturated rings. The maximum atomic E-state index is 6.45. The first kappa shape index (κ1) is 36.0. The maximum absolute atomic E-state index is 6.45. The predicted octanol–water partition coefficient (Wildman–Crippen LogP) is 16.0. The number of hydrogen-bond donors (Lipinski definition) is 0. The molecular formula is C59H35N3O2. The van der Waals surface area contributed by atoms with Gasteiger partial charge >= 0.3 is 0 Å². The maximum Gasteiger partial charge on any atom is 0.160 e. The summed E-state index contributed by atoms with van der Waals surface area (Å²) < 4.78 is 12.9. The molecule has 0 atom stereocenters. The summed E-state index contributed by atoms with van der Waals surface area (Å²) in [4.78, 5) is 15.2. The van der Waals surface area contributed by atoms with Crippen LogP contribution in [0.2, 0.25) is 0 Å². The van der Waals surface area contributed by atoms with Gasteiger partial charge in [-0.2, -0.15) is 0 Å². The summed E-state index contributed by atoms with van der Waals surface area (Å²) in [6, 6.07) is 70.3. The number of nitrogens with zero attached hydrogens (tertiary/aromatic N) is 3. The summed E-state index contributed by atoms with van der Waals surface area (Å²) in [5.74, 6) is 0.628. The molecule has 0 spiro atoms. The van der Waals surface area contributed by atoms with Crippen molar-refractivity contribution in [3.63, 3.8) is 0 Å². The fraction of sp³-hybridized carbons (Fsp3) is 0. The van der Waals surface area contributed by atoms with Crippen LogP contribution >= 0.6 is 0 Å². The van der Waals surface area contributed by atoms with E-state index in [1.165, 1.54) is 10.8 Å². The van der Waals surface area contributed by atoms with E-state index in [1.54, 1.807) is 6.20 Å². The molecule has 64 heavy (non-hydrogen) atoms. The molecule has 0 unspecified atom stereocenters. The normalized spacial score (nSPS) is 11.8. The van der Waals surface area contributed by atoms with E-state index >= 15 is 0 Å². The topological polar surface area (TPSA) is 65.0 Å². The first-order valence-corrected chi connectivity index (χ1v) is 21.5. The summed E-state index contributed by atoms with van der Waals surface area (Å²) in [6.07, 6.45) is 3.70. The van der Waals surface area contributed by atoms with Crippen LogP contribution in [0, 0.1) is 0 Å². The SMILES string of the molecule is c1ccc(-c2cc(-c3ccccc3-c3cccnc3)nc(-c3cc(-c4ccc5oc6cc7ccccc7cc6c5c4)cc(-c4ccc5oc6cc7ccccc7cc6c5c4)c3)n2)cc1. The Kier molecular flexibility index (Phi) is 8.15. The lowest BCUT2D eigenvalue weighted by atomic mass is 9.93. The van der Waals surface area contributed by atoms with Gasteiger partial charge in [-0.15, -0.1) is 0 Å². The molecule has 13 aromatic rings. The standard InChI is InChI=1S/C59H35N3O2/c1-2-11-36(12-3-1)53-34-54(48-19-9-8-18-47(48)43-17-10-24-60-35-43)62-59(61-53)46-26-44(41-20-22-55-49(30-41)51-28-37-13-4-6-15-39(37)32-57(51)63-55)25-45(27-46)42-21-23-56-50(31-42)52-29-38-14-5-7-16-40(38)33-58(52)64-56/h1-35H. The molecule has 0 saturated heterocycles. The van der Waals surface area contributed by atoms with Crippen molar-refractivity contribution in [2.75, 3.05) is 0 Å². The second kappa shape index (κ2) is 14.5. The number of benzene rings is 9. The molecule has 0 N–H and O–H groups in total. The smallest absolute Gasteiger partial charge is 0.160 e. The highest BCUT2D eigenvalue weighted by Gasteiger charge is 2.18. The molecule has 0 bridgehead atoms. The molecule has 5 nitrogen and oxygen atoms in total. The van der Waals surface area contributed by atoms with E-state index < -0.39 is 0 Å². The molecule has 4 heterocycles. The fourth-order valence-electron chi connectivity index (χ4n) is 9.33. The van der Waals surface area contributed by atoms with Crippen LogP contribution < -0.4 is 0 Å². The molecule has 4 aromatic heterocycles. The Balaban J connectivity index is 1.04. The summed E-state index contributed by atoms with van der Waals surface area (Å²) in [5.41, 5.74) is 14.3. The van der Waals surface area contributed by atoms with Gasteiger partial charge in [-0.05, 0) is 128 Å². The molecular weight excluding hydrogens is 783 g/mol. The zero-order valence-corrected chi connectivity index (χ0v) is 34.4. The highest BCUT2D eigenvalue weighted by atomic mass is 16.3. The number of pyridine rings is 1. The van der Waals surface area contributed by atoms with Crippen LogP contribution in [0.15, 0.2) is 221 Å². The Morgan fingerprint density at radius 1 is 0.297 bits per heavy atom. The van der Waals surface area contributed by atoms with Gasteiger partial charge in [-0.3, -0.25) is 4.98 Å². The third kappa shape index (κ3) is 6.13. The first-order chi connectivity index (χ1) is 31.6. The first-order valence-electron chi connectivity index (χ1n) is 21.5. The Morgan fingerprint density at radius 3 is 1.39 bits per heavy atom. The highest BCUT2D eigenvalue weighted by molar-refractivity contribution is 6.12. The molecule has 0 aliphatic heterocycles. The van der Waals surface area contributed by atoms with E-state index in [-0.39, 0.29) is 0 Å². The zero-order chi connectivity index (χ0) is 42.1. The number of furan rings is 2. The van der Waals surface area contributed by atoms with E-state index in [0.717, 1.165) is 116 Å². The third-order valence-corrected chi connectivity index (χ3v) is 12.5. The molecule has 9 aromatic carbocycles. The van der Waals surface area contributed by atoms with Crippen molar-refractivity contribution < 1.29 is 8.83 Å². The minimum Gasteiger partial charge on any atom is -0.456 e. The van der Waals surface area contributed by atoms with Gasteiger partial charge in [-0.1, -0.05) is 121 Å². The molecule has 0 saturated carbocycles. The number of aromatic nitrogens is 3. The van der Waals surface area contributed by atoms with Gasteiger partial charge in [0.15, 0.2) is 5.82 Å². The third-order valence-electron chi connectivity index (χ3n) is 12.5. The lowest BCUT2D eigenvalue weighted by molar-refractivity contribution is 0.669. The van der Waals surface area contributed by atoms with Crippen LogP contribution in [0.3, 0.4) is 0 Å². The Hall–Kier alpha value is -8.67. The average molecular weight is 818 g/mol. The van der Waals surface area contributed by atoms with Gasteiger partial charge in [-0.25, -0.2) is 9.97 Å². The Morgan fingerprint density at radius 2 is 0.797 bits per heavy atom. The van der Waals surface area contributed by atoms with E-state index in [2.05, 4.69) is 193 Å². The van der Waals surface area contributed by atoms with Crippen molar-refractivity contribution in [2.45, 2.75) is 0 Å². The van der Waals surface area contributed by atoms with Gasteiger partial charge < -0.3 is 8.83 Å². The molecule has 0 radical (unpaired) electrons. The molecule has 298 valence electrons. The summed E-state index contributed by atoms with van der Waals surface area (Å²) in [5, 5.41) is 8.99. The minimum absolute atomic E-state index is 0.628. The largest absolute Gasteiger partial charge is 0.456 e. The van der Waals surface area contributed by atoms with E-state index in [0.29, 0.717) is 5.82 Å². The Bertz CT molecular complexity index is 3790. The molecule has 0 aliphatic rings. The second-order valence-corrected chi connectivity index (χ2v) is 16.4. The predicted molar refractivity (Wildman–Crippen MR) is 262 cm³/mol. The number of fused-ring (bicyclic) bond motifs is 8. The van der Waals surface area contributed by atoms with Crippen LogP contribution in [0.4, 0.5) is 0 Å². The van der Waals surface area contributed by atoms with Gasteiger partial charge in [0.2, 0.25) is 0 Å².